The third kappa shape index (κ3) is 2.19. The maximum atomic E-state index is 12.5. The lowest BCUT2D eigenvalue weighted by molar-refractivity contribution is -0.158. The highest BCUT2D eigenvalue weighted by atomic mass is 79.9. The Balaban J connectivity index is 1.93. The van der Waals surface area contributed by atoms with Crippen molar-refractivity contribution in [1.29, 1.82) is 0 Å². The lowest BCUT2D eigenvalue weighted by atomic mass is 9.88. The molecule has 0 radical (unpaired) electrons. The molecule has 6 heteroatoms. The van der Waals surface area contributed by atoms with E-state index in [1.807, 2.05) is 19.1 Å². The molecular formula is C14H17BrN2O2S. The van der Waals surface area contributed by atoms with E-state index >= 15 is 0 Å². The van der Waals surface area contributed by atoms with Gasteiger partial charge in [0.1, 0.15) is 11.6 Å². The van der Waals surface area contributed by atoms with Crippen LogP contribution in [0.1, 0.15) is 31.6 Å². The van der Waals surface area contributed by atoms with Crippen LogP contribution in [0, 0.1) is 5.92 Å². The van der Waals surface area contributed by atoms with Crippen LogP contribution < -0.4 is 5.32 Å². The Kier molecular flexibility index (Phi) is 3.41. The van der Waals surface area contributed by atoms with Crippen molar-refractivity contribution in [1.82, 2.24) is 10.2 Å². The largest absolute Gasteiger partial charge is 0.343 e. The molecule has 2 aliphatic rings. The van der Waals surface area contributed by atoms with E-state index < -0.39 is 11.6 Å². The number of amides is 2. The quantitative estimate of drug-likeness (QED) is 0.904. The Labute approximate surface area is 130 Å². The van der Waals surface area contributed by atoms with Gasteiger partial charge >= 0.3 is 0 Å². The minimum absolute atomic E-state index is 0.0114. The first-order chi connectivity index (χ1) is 9.42. The van der Waals surface area contributed by atoms with Crippen LogP contribution in [-0.4, -0.2) is 28.3 Å². The molecule has 2 fully saturated rings. The van der Waals surface area contributed by atoms with E-state index in [1.165, 1.54) is 0 Å². The van der Waals surface area contributed by atoms with Crippen molar-refractivity contribution >= 4 is 39.1 Å². The predicted molar refractivity (Wildman–Crippen MR) is 81.3 cm³/mol. The van der Waals surface area contributed by atoms with Gasteiger partial charge in [0.05, 0.1) is 10.3 Å². The van der Waals surface area contributed by atoms with Gasteiger partial charge in [-0.1, -0.05) is 0 Å². The molecule has 1 aromatic rings. The van der Waals surface area contributed by atoms with E-state index in [1.54, 1.807) is 23.2 Å². The maximum absolute atomic E-state index is 12.5. The molecule has 2 amide bonds. The Hall–Kier alpha value is -0.880. The summed E-state index contributed by atoms with van der Waals surface area (Å²) in [5.74, 6) is 0.300. The minimum Gasteiger partial charge on any atom is -0.343 e. The molecule has 0 spiro atoms. The summed E-state index contributed by atoms with van der Waals surface area (Å²) in [5.41, 5.74) is -0.694. The Morgan fingerprint density at radius 3 is 2.70 bits per heavy atom. The predicted octanol–water partition coefficient (Wildman–Crippen LogP) is 2.53. The van der Waals surface area contributed by atoms with Crippen molar-refractivity contribution in [3.63, 3.8) is 0 Å². The molecule has 20 heavy (non-hydrogen) atoms. The highest BCUT2D eigenvalue weighted by Crippen LogP contribution is 2.45. The highest BCUT2D eigenvalue weighted by molar-refractivity contribution is 9.11. The minimum atomic E-state index is -0.694. The summed E-state index contributed by atoms with van der Waals surface area (Å²) < 4.78 is 1.04. The van der Waals surface area contributed by atoms with Crippen LogP contribution in [0.4, 0.5) is 0 Å². The first kappa shape index (κ1) is 14.1. The van der Waals surface area contributed by atoms with E-state index in [4.69, 9.17) is 0 Å². The van der Waals surface area contributed by atoms with Crippen molar-refractivity contribution in [2.45, 2.75) is 44.8 Å². The van der Waals surface area contributed by atoms with Crippen molar-refractivity contribution in [2.75, 3.05) is 0 Å². The van der Waals surface area contributed by atoms with Gasteiger partial charge in [-0.05, 0) is 60.7 Å². The smallest absolute Gasteiger partial charge is 0.246 e. The van der Waals surface area contributed by atoms with E-state index in [2.05, 4.69) is 21.2 Å². The highest BCUT2D eigenvalue weighted by Gasteiger charge is 2.56. The second kappa shape index (κ2) is 4.84. The van der Waals surface area contributed by atoms with Crippen LogP contribution in [0.3, 0.4) is 0 Å². The van der Waals surface area contributed by atoms with Crippen LogP contribution in [0.2, 0.25) is 0 Å². The molecule has 2 atom stereocenters. The van der Waals surface area contributed by atoms with E-state index in [0.717, 1.165) is 21.5 Å². The zero-order valence-corrected chi connectivity index (χ0v) is 13.9. The van der Waals surface area contributed by atoms with Gasteiger partial charge in [-0.25, -0.2) is 0 Å². The van der Waals surface area contributed by atoms with E-state index in [0.29, 0.717) is 12.5 Å². The summed E-state index contributed by atoms with van der Waals surface area (Å²) in [4.78, 5) is 27.9. The Morgan fingerprint density at radius 2 is 2.15 bits per heavy atom. The van der Waals surface area contributed by atoms with Crippen LogP contribution in [0.5, 0.6) is 0 Å². The van der Waals surface area contributed by atoms with Crippen molar-refractivity contribution < 1.29 is 9.59 Å². The zero-order valence-electron chi connectivity index (χ0n) is 11.5. The fourth-order valence-electron chi connectivity index (χ4n) is 2.88. The molecule has 1 aliphatic heterocycles. The van der Waals surface area contributed by atoms with Gasteiger partial charge in [0.2, 0.25) is 11.8 Å². The number of hydrogen-bond acceptors (Lipinski definition) is 3. The summed E-state index contributed by atoms with van der Waals surface area (Å²) in [5, 5.41) is 2.83. The van der Waals surface area contributed by atoms with Crippen LogP contribution >= 0.6 is 27.3 Å². The first-order valence-electron chi connectivity index (χ1n) is 6.79. The molecule has 3 rings (SSSR count). The number of hydrogen-bond donors (Lipinski definition) is 1. The van der Waals surface area contributed by atoms with Crippen molar-refractivity contribution in [3.05, 3.63) is 20.8 Å². The molecular weight excluding hydrogens is 340 g/mol. The summed E-state index contributed by atoms with van der Waals surface area (Å²) in [7, 11) is 0. The van der Waals surface area contributed by atoms with Gasteiger partial charge < -0.3 is 10.2 Å². The number of halogens is 1. The average molecular weight is 357 g/mol. The lowest BCUT2D eigenvalue weighted by Crippen LogP contribution is -2.69. The molecule has 2 heterocycles. The average Bonchev–Trinajstić information content (AvgIpc) is 3.17. The number of rotatable bonds is 3. The topological polar surface area (TPSA) is 49.4 Å². The summed E-state index contributed by atoms with van der Waals surface area (Å²) in [6.45, 7) is 4.18. The van der Waals surface area contributed by atoms with Crippen LogP contribution in [0.25, 0.3) is 0 Å². The Morgan fingerprint density at radius 1 is 1.45 bits per heavy atom. The number of carbonyl (C=O) groups excluding carboxylic acids is 2. The molecule has 4 nitrogen and oxygen atoms in total. The SMILES string of the molecule is CC1NC(=O)C(C)(C2CC2)N(Cc2ccc(Br)s2)C1=O. The Bertz CT molecular complexity index is 569. The van der Waals surface area contributed by atoms with Crippen LogP contribution in [-0.2, 0) is 16.1 Å². The summed E-state index contributed by atoms with van der Waals surface area (Å²) in [6, 6.07) is 3.55. The number of nitrogens with one attached hydrogen (secondary N) is 1. The molecule has 1 N–H and O–H groups in total. The zero-order chi connectivity index (χ0) is 14.5. The van der Waals surface area contributed by atoms with Gasteiger partial charge in [0.15, 0.2) is 0 Å². The third-order valence-corrected chi connectivity index (χ3v) is 5.93. The monoisotopic (exact) mass is 356 g/mol. The number of piperazine rings is 1. The van der Waals surface area contributed by atoms with E-state index in [-0.39, 0.29) is 11.8 Å². The maximum Gasteiger partial charge on any atom is 0.246 e. The normalized spacial score (nSPS) is 30.6. The third-order valence-electron chi connectivity index (χ3n) is 4.32. The molecule has 1 aliphatic carbocycles. The van der Waals surface area contributed by atoms with E-state index in [9.17, 15) is 9.59 Å². The van der Waals surface area contributed by atoms with Gasteiger partial charge in [-0.15, -0.1) is 11.3 Å². The molecule has 2 unspecified atom stereocenters. The second-order valence-corrected chi connectivity index (χ2v) is 8.29. The number of thiophene rings is 1. The summed E-state index contributed by atoms with van der Waals surface area (Å²) in [6.07, 6.45) is 2.05. The van der Waals surface area contributed by atoms with Crippen molar-refractivity contribution in [3.8, 4) is 0 Å². The van der Waals surface area contributed by atoms with Gasteiger partial charge in [-0.2, -0.15) is 0 Å². The molecule has 1 saturated carbocycles. The molecule has 1 aromatic heterocycles. The lowest BCUT2D eigenvalue weighted by Gasteiger charge is -2.46. The molecule has 1 saturated heterocycles. The standard InChI is InChI=1S/C14H17BrN2O2S/c1-8-12(18)17(7-10-5-6-11(15)20-10)14(2,9-3-4-9)13(19)16-8/h5-6,8-9H,3-4,7H2,1-2H3,(H,16,19). The second-order valence-electron chi connectivity index (χ2n) is 5.75. The summed E-state index contributed by atoms with van der Waals surface area (Å²) >= 11 is 5.05. The number of carbonyl (C=O) groups is 2. The first-order valence-corrected chi connectivity index (χ1v) is 8.40. The van der Waals surface area contributed by atoms with Crippen LogP contribution in [0.15, 0.2) is 15.9 Å². The molecule has 0 bridgehead atoms. The van der Waals surface area contributed by atoms with Gasteiger partial charge in [0, 0.05) is 4.88 Å². The molecule has 0 aromatic carbocycles. The van der Waals surface area contributed by atoms with Crippen molar-refractivity contribution in [2.24, 2.45) is 5.92 Å². The fraction of sp³-hybridized carbons (Fsp3) is 0.571. The number of nitrogens with zero attached hydrogens (tertiary/aromatic N) is 1. The van der Waals surface area contributed by atoms with Gasteiger partial charge in [0.25, 0.3) is 0 Å². The molecule has 108 valence electrons. The van der Waals surface area contributed by atoms with Gasteiger partial charge in [-0.3, -0.25) is 9.59 Å². The fourth-order valence-corrected chi connectivity index (χ4v) is 4.35.